The van der Waals surface area contributed by atoms with Crippen LogP contribution in [-0.4, -0.2) is 37.4 Å². The lowest BCUT2D eigenvalue weighted by Gasteiger charge is -2.24. The maximum Gasteiger partial charge on any atom is 0.435 e. The van der Waals surface area contributed by atoms with Gasteiger partial charge in [-0.05, 0) is 44.5 Å². The van der Waals surface area contributed by atoms with E-state index >= 15 is 0 Å². The molecule has 10 nitrogen and oxygen atoms in total. The fourth-order valence-electron chi connectivity index (χ4n) is 3.86. The van der Waals surface area contributed by atoms with Gasteiger partial charge in [-0.1, -0.05) is 6.07 Å². The van der Waals surface area contributed by atoms with Crippen molar-refractivity contribution < 1.29 is 22.4 Å². The van der Waals surface area contributed by atoms with Crippen molar-refractivity contribution in [1.29, 1.82) is 0 Å². The minimum Gasteiger partial charge on any atom is -0.357 e. The molecule has 0 bridgehead atoms. The first-order chi connectivity index (χ1) is 17.7. The number of nitrogens with zero attached hydrogens (tertiary/aromatic N) is 5. The molecule has 3 heterocycles. The van der Waals surface area contributed by atoms with Crippen LogP contribution in [0, 0.1) is 5.82 Å². The van der Waals surface area contributed by atoms with Gasteiger partial charge in [0.1, 0.15) is 11.5 Å². The molecule has 0 saturated heterocycles. The zero-order valence-electron chi connectivity index (χ0n) is 21.0. The number of rotatable bonds is 4. The maximum absolute atomic E-state index is 14.6. The number of halogens is 4. The van der Waals surface area contributed by atoms with Crippen molar-refractivity contribution in [2.75, 3.05) is 23.0 Å². The van der Waals surface area contributed by atoms with E-state index in [0.717, 1.165) is 16.9 Å². The number of aromatic nitrogens is 5. The van der Waals surface area contributed by atoms with Crippen molar-refractivity contribution in [1.82, 2.24) is 24.3 Å². The number of hydrogen-bond donors (Lipinski definition) is 3. The Morgan fingerprint density at radius 2 is 1.71 bits per heavy atom. The van der Waals surface area contributed by atoms with Gasteiger partial charge in [0, 0.05) is 31.2 Å². The van der Waals surface area contributed by atoms with Gasteiger partial charge >= 0.3 is 12.2 Å². The summed E-state index contributed by atoms with van der Waals surface area (Å²) in [6, 6.07) is 4.00. The Morgan fingerprint density at radius 3 is 2.34 bits per heavy atom. The predicted octanol–water partition coefficient (Wildman–Crippen LogP) is 4.79. The lowest BCUT2D eigenvalue weighted by molar-refractivity contribution is -0.145. The van der Waals surface area contributed by atoms with Crippen LogP contribution in [-0.2, 0) is 18.8 Å². The van der Waals surface area contributed by atoms with Crippen LogP contribution in [0.15, 0.2) is 41.5 Å². The molecule has 14 heteroatoms. The van der Waals surface area contributed by atoms with E-state index in [1.165, 1.54) is 56.8 Å². The average Bonchev–Trinajstić information content (AvgIpc) is 3.27. The fourth-order valence-corrected chi connectivity index (χ4v) is 3.86. The Labute approximate surface area is 213 Å². The summed E-state index contributed by atoms with van der Waals surface area (Å²) < 4.78 is 57.9. The number of carbonyl (C=O) groups excluding carboxylic acids is 1. The highest BCUT2D eigenvalue weighted by atomic mass is 19.4. The first-order valence-electron chi connectivity index (χ1n) is 11.3. The smallest absolute Gasteiger partial charge is 0.357 e. The SMILES string of the molecule is CNc1ncc2cc(-c3ccc(F)c(NC(=O)Nc4cnn(C(C)(C)C)c4C(F)(F)F)c3)c(=O)n(C)c2n1. The second kappa shape index (κ2) is 9.43. The first-order valence-corrected chi connectivity index (χ1v) is 11.3. The van der Waals surface area contributed by atoms with Gasteiger partial charge in [0.05, 0.1) is 23.1 Å². The minimum atomic E-state index is -4.81. The van der Waals surface area contributed by atoms with E-state index in [0.29, 0.717) is 17.0 Å². The summed E-state index contributed by atoms with van der Waals surface area (Å²) >= 11 is 0. The van der Waals surface area contributed by atoms with Gasteiger partial charge in [-0.2, -0.15) is 23.3 Å². The number of fused-ring (bicyclic) bond motifs is 1. The molecule has 0 aliphatic heterocycles. The Bertz CT molecular complexity index is 1600. The van der Waals surface area contributed by atoms with Crippen LogP contribution in [0.4, 0.5) is 39.7 Å². The van der Waals surface area contributed by atoms with Crippen molar-refractivity contribution in [2.45, 2.75) is 32.5 Å². The molecule has 2 amide bonds. The van der Waals surface area contributed by atoms with Gasteiger partial charge in [-0.25, -0.2) is 14.2 Å². The molecule has 0 saturated carbocycles. The number of urea groups is 1. The molecule has 1 aromatic carbocycles. The van der Waals surface area contributed by atoms with E-state index in [4.69, 9.17) is 0 Å². The summed E-state index contributed by atoms with van der Waals surface area (Å²) in [5, 5.41) is 11.4. The number of amides is 2. The Kier molecular flexibility index (Phi) is 6.59. The van der Waals surface area contributed by atoms with Crippen molar-refractivity contribution in [2.24, 2.45) is 7.05 Å². The standard InChI is InChI=1S/C24H24F4N8O2/c1-23(2,3)36-18(24(26,27)28)17(11-31-36)33-22(38)32-16-9-12(6-7-15(16)25)14-8-13-10-30-21(29-4)34-19(13)35(5)20(14)37/h6-11H,1-5H3,(H,29,30,34)(H2,32,33,38). The van der Waals surface area contributed by atoms with Crippen LogP contribution in [0.25, 0.3) is 22.2 Å². The number of alkyl halides is 3. The third kappa shape index (κ3) is 5.01. The third-order valence-electron chi connectivity index (χ3n) is 5.62. The largest absolute Gasteiger partial charge is 0.435 e. The number of pyridine rings is 1. The number of carbonyl (C=O) groups is 1. The van der Waals surface area contributed by atoms with Gasteiger partial charge in [-0.3, -0.25) is 14.0 Å². The Balaban J connectivity index is 1.67. The molecule has 0 unspecified atom stereocenters. The molecule has 0 spiro atoms. The quantitative estimate of drug-likeness (QED) is 0.325. The van der Waals surface area contributed by atoms with Crippen molar-refractivity contribution >= 4 is 34.4 Å². The first kappa shape index (κ1) is 26.6. The van der Waals surface area contributed by atoms with Gasteiger partial charge in [0.2, 0.25) is 5.95 Å². The molecule has 0 radical (unpaired) electrons. The van der Waals surface area contributed by atoms with Crippen LogP contribution >= 0.6 is 0 Å². The van der Waals surface area contributed by atoms with E-state index in [1.807, 2.05) is 0 Å². The molecule has 4 rings (SSSR count). The molecule has 0 atom stereocenters. The van der Waals surface area contributed by atoms with Crippen molar-refractivity contribution in [3.05, 3.63) is 58.5 Å². The molecule has 3 N–H and O–H groups in total. The minimum absolute atomic E-state index is 0.176. The number of benzene rings is 1. The molecule has 4 aromatic rings. The van der Waals surface area contributed by atoms with Crippen molar-refractivity contribution in [3.8, 4) is 11.1 Å². The Hall–Kier alpha value is -4.49. The molecule has 0 aliphatic rings. The zero-order valence-corrected chi connectivity index (χ0v) is 21.0. The lowest BCUT2D eigenvalue weighted by Crippen LogP contribution is -2.30. The fraction of sp³-hybridized carbons (Fsp3) is 0.292. The van der Waals surface area contributed by atoms with Crippen LogP contribution < -0.4 is 21.5 Å². The number of hydrogen-bond acceptors (Lipinski definition) is 6. The highest BCUT2D eigenvalue weighted by Gasteiger charge is 2.41. The van der Waals surface area contributed by atoms with Crippen LogP contribution in [0.1, 0.15) is 26.5 Å². The van der Waals surface area contributed by atoms with Gasteiger partial charge in [0.15, 0.2) is 5.69 Å². The summed E-state index contributed by atoms with van der Waals surface area (Å²) in [5.74, 6) is -0.536. The zero-order chi connectivity index (χ0) is 28.0. The van der Waals surface area contributed by atoms with Crippen LogP contribution in [0.3, 0.4) is 0 Å². The van der Waals surface area contributed by atoms with Gasteiger partial charge < -0.3 is 16.0 Å². The number of aryl methyl sites for hydroxylation is 1. The second-order valence-corrected chi connectivity index (χ2v) is 9.41. The second-order valence-electron chi connectivity index (χ2n) is 9.41. The lowest BCUT2D eigenvalue weighted by atomic mass is 10.1. The molecule has 0 fully saturated rings. The van der Waals surface area contributed by atoms with E-state index < -0.39 is 40.5 Å². The molecule has 38 heavy (non-hydrogen) atoms. The summed E-state index contributed by atoms with van der Waals surface area (Å²) in [4.78, 5) is 34.0. The highest BCUT2D eigenvalue weighted by molar-refractivity contribution is 6.00. The van der Waals surface area contributed by atoms with Gasteiger partial charge in [0.25, 0.3) is 5.56 Å². The van der Waals surface area contributed by atoms with E-state index in [9.17, 15) is 27.2 Å². The summed E-state index contributed by atoms with van der Waals surface area (Å²) in [7, 11) is 3.16. The normalized spacial score (nSPS) is 12.0. The Morgan fingerprint density at radius 1 is 1.03 bits per heavy atom. The molecular formula is C24H24F4N8O2. The van der Waals surface area contributed by atoms with Crippen LogP contribution in [0.2, 0.25) is 0 Å². The van der Waals surface area contributed by atoms with E-state index in [1.54, 1.807) is 7.05 Å². The molecule has 0 aliphatic carbocycles. The van der Waals surface area contributed by atoms with Crippen molar-refractivity contribution in [3.63, 3.8) is 0 Å². The molecule has 3 aromatic heterocycles. The topological polar surface area (TPSA) is 119 Å². The van der Waals surface area contributed by atoms with Crippen LogP contribution in [0.5, 0.6) is 0 Å². The molecular weight excluding hydrogens is 508 g/mol. The van der Waals surface area contributed by atoms with E-state index in [2.05, 4.69) is 31.0 Å². The maximum atomic E-state index is 14.6. The molecule has 200 valence electrons. The summed E-state index contributed by atoms with van der Waals surface area (Å²) in [6.45, 7) is 4.59. The third-order valence-corrected chi connectivity index (χ3v) is 5.62. The van der Waals surface area contributed by atoms with E-state index in [-0.39, 0.29) is 16.8 Å². The average molecular weight is 533 g/mol. The monoisotopic (exact) mass is 532 g/mol. The predicted molar refractivity (Wildman–Crippen MR) is 135 cm³/mol. The number of anilines is 3. The highest BCUT2D eigenvalue weighted by Crippen LogP contribution is 2.37. The summed E-state index contributed by atoms with van der Waals surface area (Å²) in [5.41, 5.74) is -2.75. The van der Waals surface area contributed by atoms with Gasteiger partial charge in [-0.15, -0.1) is 0 Å². The number of nitrogens with one attached hydrogen (secondary N) is 3. The summed E-state index contributed by atoms with van der Waals surface area (Å²) in [6.07, 6.45) is -2.42.